The number of thiophene rings is 1. The highest BCUT2D eigenvalue weighted by Gasteiger charge is 2.44. The number of nitrogens with one attached hydrogen (secondary N) is 1. The molecule has 0 radical (unpaired) electrons. The minimum absolute atomic E-state index is 0.169. The molecule has 28 heavy (non-hydrogen) atoms. The van der Waals surface area contributed by atoms with Gasteiger partial charge in [0.05, 0.1) is 5.56 Å². The van der Waals surface area contributed by atoms with E-state index in [-0.39, 0.29) is 10.8 Å². The summed E-state index contributed by atoms with van der Waals surface area (Å²) in [4.78, 5) is 19.0. The molecule has 3 heterocycles. The van der Waals surface area contributed by atoms with Crippen molar-refractivity contribution < 1.29 is 9.53 Å². The second-order valence-electron chi connectivity index (χ2n) is 8.86. The third-order valence-corrected chi connectivity index (χ3v) is 9.18. The maximum atomic E-state index is 12.6. The Morgan fingerprint density at radius 1 is 1.29 bits per heavy atom. The van der Waals surface area contributed by atoms with E-state index < -0.39 is 0 Å². The lowest BCUT2D eigenvalue weighted by Crippen LogP contribution is -2.49. The predicted molar refractivity (Wildman–Crippen MR) is 115 cm³/mol. The summed E-state index contributed by atoms with van der Waals surface area (Å²) in [6.07, 6.45) is 7.49. The van der Waals surface area contributed by atoms with Gasteiger partial charge in [0, 0.05) is 30.4 Å². The molecule has 4 aliphatic rings. The molecular weight excluding hydrogens is 390 g/mol. The minimum Gasteiger partial charge on any atom is -0.362 e. The zero-order valence-electron chi connectivity index (χ0n) is 16.4. The molecule has 1 unspecified atom stereocenters. The molecule has 0 aromatic carbocycles. The van der Waals surface area contributed by atoms with Crippen LogP contribution in [-0.4, -0.2) is 46.8 Å². The normalized spacial score (nSPS) is 35.8. The van der Waals surface area contributed by atoms with E-state index in [1.807, 2.05) is 21.7 Å². The van der Waals surface area contributed by atoms with Gasteiger partial charge in [0.15, 0.2) is 5.17 Å². The van der Waals surface area contributed by atoms with E-state index >= 15 is 0 Å². The van der Waals surface area contributed by atoms with E-state index in [9.17, 15) is 4.79 Å². The second kappa shape index (κ2) is 7.65. The van der Waals surface area contributed by atoms with E-state index in [4.69, 9.17) is 4.74 Å². The Hall–Kier alpha value is -1.05. The van der Waals surface area contributed by atoms with Gasteiger partial charge in [-0.25, -0.2) is 4.99 Å². The lowest BCUT2D eigenvalue weighted by Gasteiger charge is -2.43. The van der Waals surface area contributed by atoms with E-state index in [0.717, 1.165) is 48.5 Å². The van der Waals surface area contributed by atoms with Crippen molar-refractivity contribution in [2.24, 2.45) is 22.7 Å². The Kier molecular flexibility index (Phi) is 5.18. The minimum atomic E-state index is -0.251. The molecule has 152 valence electrons. The first-order valence-corrected chi connectivity index (χ1v) is 12.3. The summed E-state index contributed by atoms with van der Waals surface area (Å²) in [7, 11) is 0. The van der Waals surface area contributed by atoms with Crippen LogP contribution in [0.5, 0.6) is 0 Å². The van der Waals surface area contributed by atoms with Crippen molar-refractivity contribution >= 4 is 34.2 Å². The lowest BCUT2D eigenvalue weighted by molar-refractivity contribution is -0.0201. The standard InChI is InChI=1S/C21H29N3O2S2/c1-21(17-4-7-24(8-5-17)19(25)16-6-9-27-12-16)26-13-22-20(28-21)23-18-11-14-2-3-15(18)10-14/h6,9,12,14-15,17-18H,2-5,7-8,10-11,13H2,1H3,(H,22,23)/t14-,15+,18+,21?/m1/s1. The average Bonchev–Trinajstić information content (AvgIpc) is 3.46. The monoisotopic (exact) mass is 419 g/mol. The number of aliphatic imine (C=N–C) groups is 1. The van der Waals surface area contributed by atoms with Gasteiger partial charge in [0.2, 0.25) is 0 Å². The number of hydrogen-bond acceptors (Lipinski definition) is 6. The van der Waals surface area contributed by atoms with Crippen molar-refractivity contribution in [1.29, 1.82) is 0 Å². The third kappa shape index (κ3) is 3.61. The van der Waals surface area contributed by atoms with Crippen molar-refractivity contribution in [3.8, 4) is 0 Å². The van der Waals surface area contributed by atoms with Crippen LogP contribution >= 0.6 is 23.1 Å². The Balaban J connectivity index is 1.17. The fourth-order valence-electron chi connectivity index (χ4n) is 5.50. The van der Waals surface area contributed by atoms with Crippen LogP contribution in [0.15, 0.2) is 21.8 Å². The van der Waals surface area contributed by atoms with Crippen molar-refractivity contribution in [1.82, 2.24) is 10.2 Å². The SMILES string of the molecule is CC1(C2CCN(C(=O)c3ccsc3)CC2)OCN=C(N[C@H]2C[C@@H]3CC[C@H]2C3)S1. The number of amides is 1. The number of amidine groups is 1. The molecule has 1 N–H and O–H groups in total. The van der Waals surface area contributed by atoms with Gasteiger partial charge in [-0.2, -0.15) is 11.3 Å². The molecule has 1 amide bonds. The summed E-state index contributed by atoms with van der Waals surface area (Å²) in [6.45, 7) is 4.28. The highest BCUT2D eigenvalue weighted by Crippen LogP contribution is 2.46. The van der Waals surface area contributed by atoms with E-state index in [0.29, 0.717) is 18.7 Å². The molecule has 2 bridgehead atoms. The van der Waals surface area contributed by atoms with Gasteiger partial charge in [-0.3, -0.25) is 4.79 Å². The topological polar surface area (TPSA) is 53.9 Å². The number of carbonyl (C=O) groups is 1. The Morgan fingerprint density at radius 2 is 2.14 bits per heavy atom. The Morgan fingerprint density at radius 3 is 2.82 bits per heavy atom. The number of ether oxygens (including phenoxy) is 1. The molecule has 1 saturated heterocycles. The van der Waals surface area contributed by atoms with Crippen molar-refractivity contribution in [3.05, 3.63) is 22.4 Å². The van der Waals surface area contributed by atoms with Crippen LogP contribution in [0.3, 0.4) is 0 Å². The predicted octanol–water partition coefficient (Wildman–Crippen LogP) is 4.17. The van der Waals surface area contributed by atoms with Crippen molar-refractivity contribution in [3.63, 3.8) is 0 Å². The number of thioether (sulfide) groups is 1. The van der Waals surface area contributed by atoms with Gasteiger partial charge in [-0.05, 0) is 62.3 Å². The zero-order chi connectivity index (χ0) is 19.1. The van der Waals surface area contributed by atoms with Gasteiger partial charge in [0.25, 0.3) is 5.91 Å². The summed E-state index contributed by atoms with van der Waals surface area (Å²) < 4.78 is 6.16. The maximum absolute atomic E-state index is 12.6. The molecule has 0 spiro atoms. The van der Waals surface area contributed by atoms with Crippen LogP contribution < -0.4 is 5.32 Å². The van der Waals surface area contributed by atoms with E-state index in [1.165, 1.54) is 25.7 Å². The summed E-state index contributed by atoms with van der Waals surface area (Å²) in [6, 6.07) is 2.53. The average molecular weight is 420 g/mol. The zero-order valence-corrected chi connectivity index (χ0v) is 18.1. The van der Waals surface area contributed by atoms with Gasteiger partial charge in [-0.1, -0.05) is 18.2 Å². The molecule has 2 aliphatic heterocycles. The fraction of sp³-hybridized carbons (Fsp3) is 0.714. The molecule has 2 saturated carbocycles. The molecule has 7 heteroatoms. The van der Waals surface area contributed by atoms with Gasteiger partial charge in [-0.15, -0.1) is 0 Å². The van der Waals surface area contributed by atoms with Gasteiger partial charge in [0.1, 0.15) is 11.7 Å². The van der Waals surface area contributed by atoms with Crippen LogP contribution in [0.25, 0.3) is 0 Å². The first-order chi connectivity index (χ1) is 13.6. The quantitative estimate of drug-likeness (QED) is 0.799. The largest absolute Gasteiger partial charge is 0.362 e. The Bertz CT molecular complexity index is 745. The molecule has 4 atom stereocenters. The third-order valence-electron chi connectivity index (χ3n) is 7.20. The highest BCUT2D eigenvalue weighted by molar-refractivity contribution is 8.14. The lowest BCUT2D eigenvalue weighted by atomic mass is 9.91. The molecule has 3 fully saturated rings. The Labute approximate surface area is 175 Å². The number of hydrogen-bond donors (Lipinski definition) is 1. The van der Waals surface area contributed by atoms with Crippen molar-refractivity contribution in [2.45, 2.75) is 56.4 Å². The molecule has 1 aromatic heterocycles. The van der Waals surface area contributed by atoms with Crippen LogP contribution in [0.2, 0.25) is 0 Å². The first-order valence-electron chi connectivity index (χ1n) is 10.6. The van der Waals surface area contributed by atoms with Crippen molar-refractivity contribution in [2.75, 3.05) is 19.8 Å². The number of piperidine rings is 1. The molecular formula is C21H29N3O2S2. The molecule has 2 aliphatic carbocycles. The molecule has 5 nitrogen and oxygen atoms in total. The smallest absolute Gasteiger partial charge is 0.254 e. The van der Waals surface area contributed by atoms with Crippen LogP contribution in [0, 0.1) is 17.8 Å². The van der Waals surface area contributed by atoms with Crippen LogP contribution in [0.4, 0.5) is 0 Å². The second-order valence-corrected chi connectivity index (χ2v) is 11.0. The maximum Gasteiger partial charge on any atom is 0.254 e. The number of nitrogens with zero attached hydrogens (tertiary/aromatic N) is 2. The molecule has 5 rings (SSSR count). The van der Waals surface area contributed by atoms with Crippen LogP contribution in [-0.2, 0) is 4.74 Å². The highest BCUT2D eigenvalue weighted by atomic mass is 32.2. The van der Waals surface area contributed by atoms with E-state index in [2.05, 4.69) is 17.2 Å². The number of carbonyl (C=O) groups excluding carboxylic acids is 1. The fourth-order valence-corrected chi connectivity index (χ4v) is 7.36. The summed E-state index contributed by atoms with van der Waals surface area (Å²) in [5.41, 5.74) is 0.822. The number of likely N-dealkylation sites (tertiary alicyclic amines) is 1. The summed E-state index contributed by atoms with van der Waals surface area (Å²) >= 11 is 3.36. The first kappa shape index (κ1) is 18.9. The number of rotatable bonds is 3. The van der Waals surface area contributed by atoms with Gasteiger partial charge >= 0.3 is 0 Å². The van der Waals surface area contributed by atoms with Crippen LogP contribution in [0.1, 0.15) is 55.8 Å². The summed E-state index contributed by atoms with van der Waals surface area (Å²) in [5.74, 6) is 2.39. The molecule has 1 aromatic rings. The summed E-state index contributed by atoms with van der Waals surface area (Å²) in [5, 5.41) is 8.75. The van der Waals surface area contributed by atoms with E-state index in [1.54, 1.807) is 23.1 Å². The number of fused-ring (bicyclic) bond motifs is 2. The van der Waals surface area contributed by atoms with Gasteiger partial charge < -0.3 is 15.0 Å².